The molecule has 1 aromatic rings. The van der Waals surface area contributed by atoms with Gasteiger partial charge in [0, 0.05) is 13.2 Å². The van der Waals surface area contributed by atoms with Crippen molar-refractivity contribution < 1.29 is 4.74 Å². The Bertz CT molecular complexity index is 242. The second-order valence-corrected chi connectivity index (χ2v) is 4.60. The van der Waals surface area contributed by atoms with Gasteiger partial charge in [-0.2, -0.15) is 11.3 Å². The minimum Gasteiger partial charge on any atom is -0.381 e. The van der Waals surface area contributed by atoms with Crippen molar-refractivity contribution in [3.8, 4) is 0 Å². The molecule has 0 aliphatic carbocycles. The minimum absolute atomic E-state index is 0.748. The fourth-order valence-corrected chi connectivity index (χ4v) is 2.42. The summed E-state index contributed by atoms with van der Waals surface area (Å²) in [6, 6.07) is 2.20. The first kappa shape index (κ1) is 10.1. The van der Waals surface area contributed by atoms with Crippen LogP contribution in [-0.2, 0) is 11.2 Å². The number of ether oxygens (including phenoxy) is 1. The number of hydrogen-bond donors (Lipinski definition) is 1. The van der Waals surface area contributed by atoms with Crippen molar-refractivity contribution in [2.24, 2.45) is 5.92 Å². The SMILES string of the molecule is c1cc(CCNCC2CCOC2)cs1. The highest BCUT2D eigenvalue weighted by Gasteiger charge is 2.14. The average molecular weight is 211 g/mol. The maximum atomic E-state index is 5.32. The van der Waals surface area contributed by atoms with E-state index >= 15 is 0 Å². The molecule has 0 aromatic carbocycles. The lowest BCUT2D eigenvalue weighted by molar-refractivity contribution is 0.185. The zero-order valence-corrected chi connectivity index (χ0v) is 9.19. The summed E-state index contributed by atoms with van der Waals surface area (Å²) in [6.07, 6.45) is 2.38. The van der Waals surface area contributed by atoms with Crippen molar-refractivity contribution in [2.45, 2.75) is 12.8 Å². The molecular formula is C11H17NOS. The molecule has 1 saturated heterocycles. The number of nitrogens with one attached hydrogen (secondary N) is 1. The Hall–Kier alpha value is -0.380. The van der Waals surface area contributed by atoms with Crippen LogP contribution in [-0.4, -0.2) is 26.3 Å². The highest BCUT2D eigenvalue weighted by molar-refractivity contribution is 7.07. The van der Waals surface area contributed by atoms with Gasteiger partial charge in [0.25, 0.3) is 0 Å². The predicted octanol–water partition coefficient (Wildman–Crippen LogP) is 1.92. The molecule has 14 heavy (non-hydrogen) atoms. The van der Waals surface area contributed by atoms with Gasteiger partial charge < -0.3 is 10.1 Å². The van der Waals surface area contributed by atoms with Crippen LogP contribution in [0.1, 0.15) is 12.0 Å². The Labute approximate surface area is 89.3 Å². The van der Waals surface area contributed by atoms with Crippen LogP contribution in [0.25, 0.3) is 0 Å². The predicted molar refractivity (Wildman–Crippen MR) is 59.8 cm³/mol. The third-order valence-corrected chi connectivity index (χ3v) is 3.36. The molecule has 78 valence electrons. The van der Waals surface area contributed by atoms with Crippen LogP contribution in [0.2, 0.25) is 0 Å². The van der Waals surface area contributed by atoms with E-state index in [0.29, 0.717) is 0 Å². The molecule has 1 aromatic heterocycles. The van der Waals surface area contributed by atoms with Crippen molar-refractivity contribution in [2.75, 3.05) is 26.3 Å². The van der Waals surface area contributed by atoms with E-state index in [1.165, 1.54) is 12.0 Å². The molecule has 2 nitrogen and oxygen atoms in total. The van der Waals surface area contributed by atoms with Crippen LogP contribution in [0, 0.1) is 5.92 Å². The van der Waals surface area contributed by atoms with Crippen molar-refractivity contribution in [3.63, 3.8) is 0 Å². The summed E-state index contributed by atoms with van der Waals surface area (Å²) in [7, 11) is 0. The van der Waals surface area contributed by atoms with Crippen molar-refractivity contribution in [3.05, 3.63) is 22.4 Å². The van der Waals surface area contributed by atoms with E-state index < -0.39 is 0 Å². The minimum atomic E-state index is 0.748. The van der Waals surface area contributed by atoms with E-state index in [0.717, 1.165) is 38.6 Å². The Kier molecular flexibility index (Phi) is 3.98. The Morgan fingerprint density at radius 1 is 1.57 bits per heavy atom. The van der Waals surface area contributed by atoms with Gasteiger partial charge in [-0.1, -0.05) is 0 Å². The summed E-state index contributed by atoms with van der Waals surface area (Å²) in [5.41, 5.74) is 1.45. The van der Waals surface area contributed by atoms with Crippen LogP contribution in [0.3, 0.4) is 0 Å². The van der Waals surface area contributed by atoms with Crippen LogP contribution in [0.4, 0.5) is 0 Å². The Balaban J connectivity index is 1.55. The molecule has 1 unspecified atom stereocenters. The molecular weight excluding hydrogens is 194 g/mol. The molecule has 3 heteroatoms. The number of hydrogen-bond acceptors (Lipinski definition) is 3. The van der Waals surface area contributed by atoms with Crippen molar-refractivity contribution >= 4 is 11.3 Å². The third-order valence-electron chi connectivity index (χ3n) is 2.63. The van der Waals surface area contributed by atoms with Gasteiger partial charge in [0.15, 0.2) is 0 Å². The standard InChI is InChI=1S/C11H17NOS/c1(10-3-6-14-9-10)4-12-7-11-2-5-13-8-11/h3,6,9,11-12H,1-2,4-5,7-8H2. The molecule has 1 atom stereocenters. The van der Waals surface area contributed by atoms with Gasteiger partial charge in [0.05, 0.1) is 6.61 Å². The summed E-state index contributed by atoms with van der Waals surface area (Å²) in [5.74, 6) is 0.748. The molecule has 1 aliphatic heterocycles. The lowest BCUT2D eigenvalue weighted by atomic mass is 10.1. The first-order valence-electron chi connectivity index (χ1n) is 5.24. The smallest absolute Gasteiger partial charge is 0.0507 e. The van der Waals surface area contributed by atoms with E-state index in [9.17, 15) is 0 Å². The van der Waals surface area contributed by atoms with Gasteiger partial charge in [-0.25, -0.2) is 0 Å². The normalized spacial score (nSPS) is 21.6. The molecule has 1 aliphatic rings. The molecule has 0 radical (unpaired) electrons. The monoisotopic (exact) mass is 211 g/mol. The second-order valence-electron chi connectivity index (χ2n) is 3.82. The van der Waals surface area contributed by atoms with E-state index in [1.54, 1.807) is 11.3 Å². The van der Waals surface area contributed by atoms with Crippen LogP contribution < -0.4 is 5.32 Å². The summed E-state index contributed by atoms with van der Waals surface area (Å²) >= 11 is 1.78. The summed E-state index contributed by atoms with van der Waals surface area (Å²) < 4.78 is 5.32. The second kappa shape index (κ2) is 5.49. The maximum Gasteiger partial charge on any atom is 0.0507 e. The summed E-state index contributed by atoms with van der Waals surface area (Å²) in [4.78, 5) is 0. The fourth-order valence-electron chi connectivity index (χ4n) is 1.72. The molecule has 0 spiro atoms. The number of thiophene rings is 1. The van der Waals surface area contributed by atoms with E-state index in [2.05, 4.69) is 22.1 Å². The first-order chi connectivity index (χ1) is 6.95. The van der Waals surface area contributed by atoms with E-state index in [4.69, 9.17) is 4.74 Å². The van der Waals surface area contributed by atoms with Crippen LogP contribution in [0.5, 0.6) is 0 Å². The Morgan fingerprint density at radius 3 is 3.29 bits per heavy atom. The van der Waals surface area contributed by atoms with Gasteiger partial charge in [0.2, 0.25) is 0 Å². The highest BCUT2D eigenvalue weighted by Crippen LogP contribution is 2.10. The van der Waals surface area contributed by atoms with Gasteiger partial charge in [-0.15, -0.1) is 0 Å². The quantitative estimate of drug-likeness (QED) is 0.751. The largest absolute Gasteiger partial charge is 0.381 e. The zero-order valence-electron chi connectivity index (χ0n) is 8.37. The van der Waals surface area contributed by atoms with Gasteiger partial charge in [0.1, 0.15) is 0 Å². The topological polar surface area (TPSA) is 21.3 Å². The van der Waals surface area contributed by atoms with E-state index in [-0.39, 0.29) is 0 Å². The van der Waals surface area contributed by atoms with Crippen LogP contribution in [0.15, 0.2) is 16.8 Å². The van der Waals surface area contributed by atoms with Crippen LogP contribution >= 0.6 is 11.3 Å². The molecule has 0 amide bonds. The van der Waals surface area contributed by atoms with Gasteiger partial charge >= 0.3 is 0 Å². The Morgan fingerprint density at radius 2 is 2.57 bits per heavy atom. The summed E-state index contributed by atoms with van der Waals surface area (Å²) in [6.45, 7) is 4.11. The van der Waals surface area contributed by atoms with Gasteiger partial charge in [-0.3, -0.25) is 0 Å². The first-order valence-corrected chi connectivity index (χ1v) is 6.19. The van der Waals surface area contributed by atoms with Crippen molar-refractivity contribution in [1.29, 1.82) is 0 Å². The lowest BCUT2D eigenvalue weighted by Gasteiger charge is -2.08. The molecule has 0 bridgehead atoms. The third kappa shape index (κ3) is 3.08. The molecule has 0 saturated carbocycles. The van der Waals surface area contributed by atoms with Gasteiger partial charge in [-0.05, 0) is 47.7 Å². The fraction of sp³-hybridized carbons (Fsp3) is 0.636. The molecule has 2 rings (SSSR count). The lowest BCUT2D eigenvalue weighted by Crippen LogP contribution is -2.24. The highest BCUT2D eigenvalue weighted by atomic mass is 32.1. The van der Waals surface area contributed by atoms with E-state index in [1.807, 2.05) is 0 Å². The average Bonchev–Trinajstić information content (AvgIpc) is 2.86. The molecule has 1 N–H and O–H groups in total. The maximum absolute atomic E-state index is 5.32. The number of rotatable bonds is 5. The zero-order chi connectivity index (χ0) is 9.64. The van der Waals surface area contributed by atoms with Crippen molar-refractivity contribution in [1.82, 2.24) is 5.32 Å². The molecule has 1 fully saturated rings. The molecule has 2 heterocycles. The summed E-state index contributed by atoms with van der Waals surface area (Å²) in [5, 5.41) is 7.85.